The number of fused-ring (bicyclic) bond motifs is 1. The molecule has 0 spiro atoms. The Morgan fingerprint density at radius 2 is 1.74 bits per heavy atom. The molecule has 0 fully saturated rings. The van der Waals surface area contributed by atoms with Crippen molar-refractivity contribution in [3.8, 4) is 0 Å². The third kappa shape index (κ3) is 4.63. The molecule has 0 aliphatic heterocycles. The van der Waals surface area contributed by atoms with Gasteiger partial charge in [0.15, 0.2) is 0 Å². The number of amides is 2. The molecule has 1 aromatic carbocycles. The third-order valence-electron chi connectivity index (χ3n) is 3.94. The van der Waals surface area contributed by atoms with Crippen LogP contribution < -0.4 is 10.6 Å². The lowest BCUT2D eigenvalue weighted by Crippen LogP contribution is -2.36. The van der Waals surface area contributed by atoms with E-state index < -0.39 is 0 Å². The first-order valence-corrected chi connectivity index (χ1v) is 8.05. The summed E-state index contributed by atoms with van der Waals surface area (Å²) in [6, 6.07) is 5.36. The van der Waals surface area contributed by atoms with E-state index in [1.165, 1.54) is 0 Å². The maximum absolute atomic E-state index is 12.0. The predicted molar refractivity (Wildman–Crippen MR) is 93.8 cm³/mol. The molecule has 0 unspecified atom stereocenters. The van der Waals surface area contributed by atoms with Crippen LogP contribution in [0.5, 0.6) is 0 Å². The Hall–Kier alpha value is -2.21. The van der Waals surface area contributed by atoms with Crippen molar-refractivity contribution in [2.45, 2.75) is 27.7 Å². The van der Waals surface area contributed by atoms with Crippen molar-refractivity contribution >= 4 is 22.8 Å². The van der Waals surface area contributed by atoms with Gasteiger partial charge in [0.1, 0.15) is 0 Å². The molecule has 6 heteroatoms. The molecule has 2 N–H and O–H groups in total. The number of aromatic nitrogens is 2. The summed E-state index contributed by atoms with van der Waals surface area (Å²) in [4.78, 5) is 23.2. The Morgan fingerprint density at radius 1 is 1.09 bits per heavy atom. The Balaban J connectivity index is 1.96. The lowest BCUT2D eigenvalue weighted by molar-refractivity contribution is 0.248. The molecule has 1 aromatic heterocycles. The van der Waals surface area contributed by atoms with E-state index in [9.17, 15) is 4.79 Å². The number of carbonyl (C=O) groups is 1. The summed E-state index contributed by atoms with van der Waals surface area (Å²) in [5, 5.41) is 5.71. The number of carbonyl (C=O) groups excluding carboxylic acids is 1. The van der Waals surface area contributed by atoms with E-state index in [4.69, 9.17) is 0 Å². The topological polar surface area (TPSA) is 70.2 Å². The Labute approximate surface area is 137 Å². The molecule has 124 valence electrons. The second kappa shape index (κ2) is 7.87. The maximum Gasteiger partial charge on any atom is 0.319 e. The van der Waals surface area contributed by atoms with Crippen LogP contribution in [0.2, 0.25) is 0 Å². The number of aryl methyl sites for hydroxylation is 2. The number of benzene rings is 1. The zero-order chi connectivity index (χ0) is 16.8. The van der Waals surface area contributed by atoms with Crippen molar-refractivity contribution in [2.24, 2.45) is 0 Å². The van der Waals surface area contributed by atoms with Gasteiger partial charge in [0.2, 0.25) is 0 Å². The molecule has 2 rings (SSSR count). The van der Waals surface area contributed by atoms with Crippen molar-refractivity contribution in [1.82, 2.24) is 20.2 Å². The van der Waals surface area contributed by atoms with Crippen molar-refractivity contribution in [3.05, 3.63) is 29.6 Å². The van der Waals surface area contributed by atoms with Crippen LogP contribution >= 0.6 is 0 Å². The summed E-state index contributed by atoms with van der Waals surface area (Å²) in [6.07, 6.45) is 0. The van der Waals surface area contributed by atoms with Gasteiger partial charge in [-0.05, 0) is 45.1 Å². The molecule has 1 heterocycles. The van der Waals surface area contributed by atoms with Gasteiger partial charge in [-0.1, -0.05) is 13.8 Å². The number of hydrogen-bond acceptors (Lipinski definition) is 4. The van der Waals surface area contributed by atoms with Crippen molar-refractivity contribution in [2.75, 3.05) is 31.5 Å². The lowest BCUT2D eigenvalue weighted by atomic mass is 10.2. The summed E-state index contributed by atoms with van der Waals surface area (Å²) < 4.78 is 0. The number of hydrogen-bond donors (Lipinski definition) is 2. The van der Waals surface area contributed by atoms with Crippen LogP contribution in [-0.4, -0.2) is 47.1 Å². The van der Waals surface area contributed by atoms with Crippen LogP contribution in [-0.2, 0) is 0 Å². The zero-order valence-corrected chi connectivity index (χ0v) is 14.3. The molecule has 0 aliphatic rings. The van der Waals surface area contributed by atoms with Gasteiger partial charge in [0.05, 0.1) is 22.4 Å². The molecule has 2 amide bonds. The van der Waals surface area contributed by atoms with Crippen LogP contribution in [0.15, 0.2) is 18.2 Å². The van der Waals surface area contributed by atoms with Crippen LogP contribution in [0.3, 0.4) is 0 Å². The Morgan fingerprint density at radius 3 is 2.39 bits per heavy atom. The Kier molecular flexibility index (Phi) is 5.87. The Bertz CT molecular complexity index is 682. The first-order valence-electron chi connectivity index (χ1n) is 8.05. The zero-order valence-electron chi connectivity index (χ0n) is 14.3. The summed E-state index contributed by atoms with van der Waals surface area (Å²) in [7, 11) is 0. The van der Waals surface area contributed by atoms with Crippen molar-refractivity contribution in [3.63, 3.8) is 0 Å². The molecule has 0 aliphatic carbocycles. The highest BCUT2D eigenvalue weighted by molar-refractivity contribution is 5.91. The van der Waals surface area contributed by atoms with E-state index in [0.717, 1.165) is 47.7 Å². The smallest absolute Gasteiger partial charge is 0.319 e. The van der Waals surface area contributed by atoms with E-state index in [1.54, 1.807) is 0 Å². The number of likely N-dealkylation sites (N-methyl/N-ethyl adjacent to an activating group) is 1. The van der Waals surface area contributed by atoms with Crippen LogP contribution in [0.1, 0.15) is 25.2 Å². The van der Waals surface area contributed by atoms with Gasteiger partial charge in [-0.25, -0.2) is 14.8 Å². The van der Waals surface area contributed by atoms with E-state index in [-0.39, 0.29) is 6.03 Å². The molecule has 0 bridgehead atoms. The standard InChI is InChI=1S/C17H25N5O/c1-5-22(6-2)10-9-18-17(23)21-14-7-8-15-16(11-14)20-13(4)12(3)19-15/h7-8,11H,5-6,9-10H2,1-4H3,(H2,18,21,23). The highest BCUT2D eigenvalue weighted by atomic mass is 16.2. The number of rotatable bonds is 6. The summed E-state index contributed by atoms with van der Waals surface area (Å²) in [5.74, 6) is 0. The second-order valence-corrected chi connectivity index (χ2v) is 5.51. The summed E-state index contributed by atoms with van der Waals surface area (Å²) in [6.45, 7) is 11.6. The van der Waals surface area contributed by atoms with Gasteiger partial charge in [0.25, 0.3) is 0 Å². The van der Waals surface area contributed by atoms with Crippen LogP contribution in [0.25, 0.3) is 11.0 Å². The number of nitrogens with one attached hydrogen (secondary N) is 2. The minimum atomic E-state index is -0.201. The fourth-order valence-corrected chi connectivity index (χ4v) is 2.35. The third-order valence-corrected chi connectivity index (χ3v) is 3.94. The number of urea groups is 1. The first-order chi connectivity index (χ1) is 11.0. The SMILES string of the molecule is CCN(CC)CCNC(=O)Nc1ccc2nc(C)c(C)nc2c1. The quantitative estimate of drug-likeness (QED) is 0.860. The average molecular weight is 315 g/mol. The van der Waals surface area contributed by atoms with Crippen LogP contribution in [0.4, 0.5) is 10.5 Å². The molecular formula is C17H25N5O. The normalized spacial score (nSPS) is 11.0. The average Bonchev–Trinajstić information content (AvgIpc) is 2.53. The highest BCUT2D eigenvalue weighted by Crippen LogP contribution is 2.17. The molecule has 0 radical (unpaired) electrons. The molecule has 6 nitrogen and oxygen atoms in total. The van der Waals surface area contributed by atoms with E-state index in [0.29, 0.717) is 6.54 Å². The van der Waals surface area contributed by atoms with E-state index in [2.05, 4.69) is 39.3 Å². The van der Waals surface area contributed by atoms with Crippen molar-refractivity contribution in [1.29, 1.82) is 0 Å². The van der Waals surface area contributed by atoms with Gasteiger partial charge >= 0.3 is 6.03 Å². The van der Waals surface area contributed by atoms with Gasteiger partial charge in [-0.2, -0.15) is 0 Å². The molecule has 0 atom stereocenters. The fraction of sp³-hybridized carbons (Fsp3) is 0.471. The minimum absolute atomic E-state index is 0.201. The van der Waals surface area contributed by atoms with Gasteiger partial charge in [0, 0.05) is 18.8 Å². The van der Waals surface area contributed by atoms with E-state index in [1.807, 2.05) is 32.0 Å². The molecule has 0 saturated heterocycles. The fourth-order valence-electron chi connectivity index (χ4n) is 2.35. The molecular weight excluding hydrogens is 290 g/mol. The number of nitrogens with zero attached hydrogens (tertiary/aromatic N) is 3. The minimum Gasteiger partial charge on any atom is -0.337 e. The summed E-state index contributed by atoms with van der Waals surface area (Å²) >= 11 is 0. The first kappa shape index (κ1) is 17.1. The highest BCUT2D eigenvalue weighted by Gasteiger charge is 2.06. The largest absolute Gasteiger partial charge is 0.337 e. The van der Waals surface area contributed by atoms with Gasteiger partial charge in [-0.3, -0.25) is 0 Å². The lowest BCUT2D eigenvalue weighted by Gasteiger charge is -2.18. The number of anilines is 1. The van der Waals surface area contributed by atoms with Crippen molar-refractivity contribution < 1.29 is 4.79 Å². The molecule has 23 heavy (non-hydrogen) atoms. The van der Waals surface area contributed by atoms with Gasteiger partial charge < -0.3 is 15.5 Å². The monoisotopic (exact) mass is 315 g/mol. The molecule has 2 aromatic rings. The predicted octanol–water partition coefficient (Wildman–Crippen LogP) is 2.71. The summed E-state index contributed by atoms with van der Waals surface area (Å²) in [5.41, 5.74) is 4.16. The molecule has 0 saturated carbocycles. The van der Waals surface area contributed by atoms with Gasteiger partial charge in [-0.15, -0.1) is 0 Å². The van der Waals surface area contributed by atoms with Crippen LogP contribution in [0, 0.1) is 13.8 Å². The maximum atomic E-state index is 12.0. The van der Waals surface area contributed by atoms with E-state index >= 15 is 0 Å². The second-order valence-electron chi connectivity index (χ2n) is 5.51.